The van der Waals surface area contributed by atoms with Gasteiger partial charge < -0.3 is 0 Å². The molecule has 3 heteroatoms. The Morgan fingerprint density at radius 3 is 2.50 bits per heavy atom. The lowest BCUT2D eigenvalue weighted by atomic mass is 10.1. The summed E-state index contributed by atoms with van der Waals surface area (Å²) in [6.07, 6.45) is 6.48. The van der Waals surface area contributed by atoms with Gasteiger partial charge in [0.05, 0.1) is 6.20 Å². The zero-order valence-electron chi connectivity index (χ0n) is 10.7. The molecular formula is C17H13ClFN. The second kappa shape index (κ2) is 6.31. The molecule has 2 aromatic carbocycles. The lowest BCUT2D eigenvalue weighted by molar-refractivity contribution is 0.618. The molecule has 1 heterocycles. The predicted molar refractivity (Wildman–Crippen MR) is 84.3 cm³/mol. The Bertz CT molecular complexity index is 753. The summed E-state index contributed by atoms with van der Waals surface area (Å²) in [5.41, 5.74) is 1.60. The fourth-order valence-corrected chi connectivity index (χ4v) is 2.02. The van der Waals surface area contributed by atoms with E-state index in [1.165, 1.54) is 17.0 Å². The van der Waals surface area contributed by atoms with Gasteiger partial charge in [0.2, 0.25) is 0 Å². The molecule has 0 atom stereocenters. The van der Waals surface area contributed by atoms with E-state index in [4.69, 9.17) is 0 Å². The predicted octanol–water partition coefficient (Wildman–Crippen LogP) is 4.97. The van der Waals surface area contributed by atoms with E-state index >= 15 is 0 Å². The molecule has 0 saturated heterocycles. The third kappa shape index (κ3) is 3.03. The van der Waals surface area contributed by atoms with Crippen LogP contribution in [0.2, 0.25) is 0 Å². The summed E-state index contributed by atoms with van der Waals surface area (Å²) in [7, 11) is 0. The first kappa shape index (κ1) is 14.2. The van der Waals surface area contributed by atoms with Crippen molar-refractivity contribution in [3.63, 3.8) is 0 Å². The van der Waals surface area contributed by atoms with Gasteiger partial charge in [0, 0.05) is 11.8 Å². The summed E-state index contributed by atoms with van der Waals surface area (Å²) in [5, 5.41) is 2.38. The molecule has 0 aliphatic rings. The molecule has 0 aliphatic heterocycles. The molecule has 3 rings (SSSR count). The number of halogens is 2. The molecule has 3 aromatic rings. The van der Waals surface area contributed by atoms with Crippen LogP contribution in [0.5, 0.6) is 0 Å². The quantitative estimate of drug-likeness (QED) is 0.648. The van der Waals surface area contributed by atoms with Crippen molar-refractivity contribution >= 4 is 35.3 Å². The van der Waals surface area contributed by atoms with Crippen LogP contribution < -0.4 is 0 Å². The maximum atomic E-state index is 13.4. The van der Waals surface area contributed by atoms with Gasteiger partial charge in [-0.05, 0) is 28.5 Å². The van der Waals surface area contributed by atoms with Gasteiger partial charge in [0.1, 0.15) is 5.82 Å². The average molecular weight is 286 g/mol. The highest BCUT2D eigenvalue weighted by Gasteiger charge is 1.97. The number of hydrogen-bond donors (Lipinski definition) is 0. The molecule has 1 aromatic heterocycles. The largest absolute Gasteiger partial charge is 0.262 e. The van der Waals surface area contributed by atoms with Crippen molar-refractivity contribution in [1.29, 1.82) is 0 Å². The monoisotopic (exact) mass is 285 g/mol. The topological polar surface area (TPSA) is 12.9 Å². The van der Waals surface area contributed by atoms with Crippen LogP contribution in [-0.2, 0) is 0 Å². The van der Waals surface area contributed by atoms with Crippen molar-refractivity contribution in [2.45, 2.75) is 0 Å². The summed E-state index contributed by atoms with van der Waals surface area (Å²) in [6, 6.07) is 16.0. The Morgan fingerprint density at radius 2 is 1.70 bits per heavy atom. The van der Waals surface area contributed by atoms with E-state index in [-0.39, 0.29) is 18.2 Å². The Kier molecular flexibility index (Phi) is 4.49. The minimum atomic E-state index is -0.306. The van der Waals surface area contributed by atoms with Gasteiger partial charge in [0.25, 0.3) is 0 Å². The fraction of sp³-hybridized carbons (Fsp3) is 0. The van der Waals surface area contributed by atoms with Crippen LogP contribution in [0.15, 0.2) is 60.9 Å². The maximum absolute atomic E-state index is 13.4. The summed E-state index contributed by atoms with van der Waals surface area (Å²) in [6.45, 7) is 0. The van der Waals surface area contributed by atoms with Crippen molar-refractivity contribution in [3.05, 3.63) is 77.9 Å². The van der Waals surface area contributed by atoms with E-state index in [1.54, 1.807) is 18.3 Å². The number of benzene rings is 2. The second-order valence-electron chi connectivity index (χ2n) is 4.34. The first-order valence-electron chi connectivity index (χ1n) is 6.09. The zero-order valence-corrected chi connectivity index (χ0v) is 11.5. The molecule has 0 aliphatic carbocycles. The number of nitrogens with zero attached hydrogens (tertiary/aromatic N) is 1. The molecule has 100 valence electrons. The molecule has 0 amide bonds. The van der Waals surface area contributed by atoms with Crippen molar-refractivity contribution in [2.24, 2.45) is 0 Å². The van der Waals surface area contributed by atoms with Gasteiger partial charge in [-0.15, -0.1) is 12.4 Å². The van der Waals surface area contributed by atoms with Crippen LogP contribution in [0, 0.1) is 5.82 Å². The molecule has 0 saturated carbocycles. The van der Waals surface area contributed by atoms with E-state index in [0.29, 0.717) is 5.56 Å². The minimum Gasteiger partial charge on any atom is -0.262 e. The Labute approximate surface area is 123 Å². The van der Waals surface area contributed by atoms with Crippen LogP contribution in [0.25, 0.3) is 22.9 Å². The third-order valence-electron chi connectivity index (χ3n) is 3.03. The molecule has 0 N–H and O–H groups in total. The van der Waals surface area contributed by atoms with E-state index in [0.717, 1.165) is 5.56 Å². The van der Waals surface area contributed by atoms with Crippen molar-refractivity contribution in [3.8, 4) is 0 Å². The van der Waals surface area contributed by atoms with Crippen LogP contribution >= 0.6 is 12.4 Å². The van der Waals surface area contributed by atoms with Gasteiger partial charge in [-0.1, -0.05) is 48.6 Å². The molecule has 0 radical (unpaired) electrons. The molecule has 0 bridgehead atoms. The average Bonchev–Trinajstić information content (AvgIpc) is 2.46. The summed E-state index contributed by atoms with van der Waals surface area (Å²) in [5.74, 6) is -0.306. The Morgan fingerprint density at radius 1 is 0.900 bits per heavy atom. The molecule has 1 nitrogen and oxygen atoms in total. The zero-order chi connectivity index (χ0) is 13.1. The number of rotatable bonds is 2. The highest BCUT2D eigenvalue weighted by Crippen LogP contribution is 2.17. The van der Waals surface area contributed by atoms with Gasteiger partial charge >= 0.3 is 0 Å². The van der Waals surface area contributed by atoms with Crippen LogP contribution in [0.3, 0.4) is 0 Å². The summed E-state index contributed by atoms with van der Waals surface area (Å²) >= 11 is 0. The first-order chi connectivity index (χ1) is 9.33. The van der Waals surface area contributed by atoms with Crippen molar-refractivity contribution in [2.75, 3.05) is 0 Å². The van der Waals surface area contributed by atoms with Gasteiger partial charge in [-0.25, -0.2) is 4.39 Å². The minimum absolute atomic E-state index is 0. The molecule has 0 fully saturated rings. The summed E-state index contributed by atoms with van der Waals surface area (Å²) in [4.78, 5) is 3.73. The molecule has 0 spiro atoms. The maximum Gasteiger partial charge on any atom is 0.148 e. The Balaban J connectivity index is 0.00000147. The number of aromatic nitrogens is 1. The second-order valence-corrected chi connectivity index (χ2v) is 4.34. The fourth-order valence-electron chi connectivity index (χ4n) is 2.02. The van der Waals surface area contributed by atoms with Gasteiger partial charge in [0.15, 0.2) is 0 Å². The third-order valence-corrected chi connectivity index (χ3v) is 3.03. The van der Waals surface area contributed by atoms with Crippen LogP contribution in [0.4, 0.5) is 4.39 Å². The van der Waals surface area contributed by atoms with Gasteiger partial charge in [-0.3, -0.25) is 4.98 Å². The van der Waals surface area contributed by atoms with E-state index < -0.39 is 0 Å². The first-order valence-corrected chi connectivity index (χ1v) is 6.09. The van der Waals surface area contributed by atoms with Gasteiger partial charge in [-0.2, -0.15) is 0 Å². The lowest BCUT2D eigenvalue weighted by Crippen LogP contribution is -1.82. The number of pyridine rings is 1. The summed E-state index contributed by atoms with van der Waals surface area (Å²) < 4.78 is 13.4. The van der Waals surface area contributed by atoms with E-state index in [2.05, 4.69) is 29.2 Å². The van der Waals surface area contributed by atoms with E-state index in [1.807, 2.05) is 24.3 Å². The normalized spacial score (nSPS) is 10.7. The van der Waals surface area contributed by atoms with Crippen LogP contribution in [-0.4, -0.2) is 4.98 Å². The SMILES string of the molecule is Cl.Fc1cnccc1C=Cc1ccc2ccccc2c1. The lowest BCUT2D eigenvalue weighted by Gasteiger charge is -1.99. The van der Waals surface area contributed by atoms with Crippen molar-refractivity contribution in [1.82, 2.24) is 4.98 Å². The molecule has 0 unspecified atom stereocenters. The standard InChI is InChI=1S/C17H12FN.ClH/c18-17-12-19-10-9-15(17)8-6-13-5-7-14-3-1-2-4-16(14)11-13;/h1-12H;1H. The van der Waals surface area contributed by atoms with Crippen molar-refractivity contribution < 1.29 is 4.39 Å². The smallest absolute Gasteiger partial charge is 0.148 e. The highest BCUT2D eigenvalue weighted by molar-refractivity contribution is 5.86. The van der Waals surface area contributed by atoms with Crippen LogP contribution in [0.1, 0.15) is 11.1 Å². The Hall–Kier alpha value is -2.19. The molecule has 20 heavy (non-hydrogen) atoms. The number of fused-ring (bicyclic) bond motifs is 1. The highest BCUT2D eigenvalue weighted by atomic mass is 35.5. The number of hydrogen-bond acceptors (Lipinski definition) is 1. The van der Waals surface area contributed by atoms with E-state index in [9.17, 15) is 4.39 Å². The molecular weight excluding hydrogens is 273 g/mol.